The van der Waals surface area contributed by atoms with Crippen LogP contribution in [0.5, 0.6) is 0 Å². The van der Waals surface area contributed by atoms with Gasteiger partial charge in [-0.2, -0.15) is 0 Å². The molecule has 3 atom stereocenters. The molecule has 116 valence electrons. The monoisotopic (exact) mass is 318 g/mol. The normalized spacial score (nSPS) is 29.9. The molecule has 9 heteroatoms. The predicted octanol–water partition coefficient (Wildman–Crippen LogP) is 2.41. The molecule has 1 aliphatic heterocycles. The van der Waals surface area contributed by atoms with Crippen LogP contribution >= 0.6 is 11.3 Å². The fourth-order valence-corrected chi connectivity index (χ4v) is 3.86. The number of aromatic nitrogens is 2. The van der Waals surface area contributed by atoms with Crippen LogP contribution in [0.4, 0.5) is 18.7 Å². The van der Waals surface area contributed by atoms with E-state index < -0.39 is 17.5 Å². The predicted molar refractivity (Wildman–Crippen MR) is 72.4 cm³/mol. The van der Waals surface area contributed by atoms with Gasteiger partial charge in [0.05, 0.1) is 6.10 Å². The van der Waals surface area contributed by atoms with E-state index in [-0.39, 0.29) is 22.7 Å². The van der Waals surface area contributed by atoms with Crippen LogP contribution in [0.2, 0.25) is 0 Å². The Kier molecular flexibility index (Phi) is 3.56. The number of hydrogen-bond acceptors (Lipinski definition) is 5. The number of halogens is 2. The third-order valence-corrected chi connectivity index (χ3v) is 5.08. The van der Waals surface area contributed by atoms with E-state index in [1.54, 1.807) is 0 Å². The van der Waals surface area contributed by atoms with Gasteiger partial charge >= 0.3 is 6.03 Å². The van der Waals surface area contributed by atoms with Crippen LogP contribution in [-0.2, 0) is 4.74 Å². The Morgan fingerprint density at radius 3 is 2.90 bits per heavy atom. The molecule has 0 aromatic carbocycles. The van der Waals surface area contributed by atoms with Gasteiger partial charge in [0.15, 0.2) is 5.01 Å². The molecule has 2 N–H and O–H groups in total. The Hall–Kier alpha value is -1.35. The maximum Gasteiger partial charge on any atom is 0.321 e. The molecule has 0 bridgehead atoms. The smallest absolute Gasteiger partial charge is 0.321 e. The molecule has 1 saturated heterocycles. The van der Waals surface area contributed by atoms with Crippen molar-refractivity contribution in [1.29, 1.82) is 0 Å². The summed E-state index contributed by atoms with van der Waals surface area (Å²) in [7, 11) is 0. The van der Waals surface area contributed by atoms with Crippen LogP contribution in [0.1, 0.15) is 31.7 Å². The number of nitrogens with zero attached hydrogens (tertiary/aromatic N) is 2. The average molecular weight is 318 g/mol. The highest BCUT2D eigenvalue weighted by Crippen LogP contribution is 2.52. The molecule has 1 aromatic rings. The fourth-order valence-electron chi connectivity index (χ4n) is 3.26. The zero-order valence-electron chi connectivity index (χ0n) is 11.6. The Morgan fingerprint density at radius 2 is 2.24 bits per heavy atom. The first-order chi connectivity index (χ1) is 9.89. The van der Waals surface area contributed by atoms with Crippen molar-refractivity contribution >= 4 is 22.5 Å². The van der Waals surface area contributed by atoms with Gasteiger partial charge in [-0.1, -0.05) is 25.2 Å². The first-order valence-electron chi connectivity index (χ1n) is 6.70. The second kappa shape index (κ2) is 5.13. The van der Waals surface area contributed by atoms with Crippen molar-refractivity contribution in [2.45, 2.75) is 38.8 Å². The quantitative estimate of drug-likeness (QED) is 0.897. The van der Waals surface area contributed by atoms with Gasteiger partial charge in [-0.3, -0.25) is 5.32 Å². The molecule has 0 radical (unpaired) electrons. The number of ether oxygens (including phenoxy) is 1. The Morgan fingerprint density at radius 1 is 1.48 bits per heavy atom. The molecule has 2 fully saturated rings. The van der Waals surface area contributed by atoms with E-state index in [2.05, 4.69) is 20.8 Å². The summed E-state index contributed by atoms with van der Waals surface area (Å²) in [6.45, 7) is 4.81. The molecule has 1 aromatic heterocycles. The highest BCUT2D eigenvalue weighted by molar-refractivity contribution is 7.15. The maximum absolute atomic E-state index is 12.4. The van der Waals surface area contributed by atoms with Crippen molar-refractivity contribution in [3.05, 3.63) is 5.01 Å². The summed E-state index contributed by atoms with van der Waals surface area (Å²) < 4.78 is 30.5. The van der Waals surface area contributed by atoms with Gasteiger partial charge in [-0.05, 0) is 6.42 Å². The lowest BCUT2D eigenvalue weighted by atomic mass is 9.57. The van der Waals surface area contributed by atoms with Crippen molar-refractivity contribution in [3.63, 3.8) is 0 Å². The van der Waals surface area contributed by atoms with E-state index in [9.17, 15) is 13.6 Å². The van der Waals surface area contributed by atoms with E-state index in [0.717, 1.165) is 6.42 Å². The SMILES string of the molecule is CC1(C)[C@H](NC(=O)Nc2nnc(C(F)F)s2)[C@H]2CCO[C@@H]21. The second-order valence-corrected chi connectivity index (χ2v) is 6.90. The average Bonchev–Trinajstić information content (AvgIpc) is 3.03. The number of nitrogens with one attached hydrogen (secondary N) is 2. The first kappa shape index (κ1) is 14.6. The highest BCUT2D eigenvalue weighted by atomic mass is 32.1. The minimum Gasteiger partial charge on any atom is -0.377 e. The minimum atomic E-state index is -2.68. The number of anilines is 1. The van der Waals surface area contributed by atoms with Crippen molar-refractivity contribution in [3.8, 4) is 0 Å². The molecule has 0 spiro atoms. The third kappa shape index (κ3) is 2.48. The Labute approximate surface area is 124 Å². The molecule has 21 heavy (non-hydrogen) atoms. The standard InChI is InChI=1S/C12H16F2N4O2S/c1-12(2)6(5-3-4-20-7(5)12)15-10(19)16-11-18-17-9(21-11)8(13)14/h5-8H,3-4H2,1-2H3,(H2,15,16,18,19)/t5-,6-,7+/m1/s1. The van der Waals surface area contributed by atoms with Crippen LogP contribution in [-0.4, -0.2) is 35.0 Å². The number of alkyl halides is 2. The number of urea groups is 1. The van der Waals surface area contributed by atoms with Gasteiger partial charge in [0.25, 0.3) is 6.43 Å². The molecule has 2 amide bonds. The van der Waals surface area contributed by atoms with E-state index in [1.807, 2.05) is 13.8 Å². The first-order valence-corrected chi connectivity index (χ1v) is 7.52. The van der Waals surface area contributed by atoms with Gasteiger partial charge in [-0.25, -0.2) is 13.6 Å². The van der Waals surface area contributed by atoms with Crippen molar-refractivity contribution < 1.29 is 18.3 Å². The topological polar surface area (TPSA) is 76.1 Å². The molecule has 1 saturated carbocycles. The lowest BCUT2D eigenvalue weighted by molar-refractivity contribution is -0.107. The molecule has 2 heterocycles. The highest BCUT2D eigenvalue weighted by Gasteiger charge is 2.59. The van der Waals surface area contributed by atoms with Crippen LogP contribution in [0.15, 0.2) is 0 Å². The zero-order chi connectivity index (χ0) is 15.2. The van der Waals surface area contributed by atoms with Crippen molar-refractivity contribution in [1.82, 2.24) is 15.5 Å². The van der Waals surface area contributed by atoms with Gasteiger partial charge in [-0.15, -0.1) is 10.2 Å². The Balaban J connectivity index is 1.59. The molecular weight excluding hydrogens is 302 g/mol. The fraction of sp³-hybridized carbons (Fsp3) is 0.750. The number of carbonyl (C=O) groups excluding carboxylic acids is 1. The molecule has 0 unspecified atom stereocenters. The molecule has 2 aliphatic rings. The maximum atomic E-state index is 12.4. The van der Waals surface area contributed by atoms with Gasteiger partial charge in [0, 0.05) is 24.0 Å². The molecule has 1 aliphatic carbocycles. The number of amides is 2. The summed E-state index contributed by atoms with van der Waals surface area (Å²) in [5.41, 5.74) is -0.131. The summed E-state index contributed by atoms with van der Waals surface area (Å²) in [4.78, 5) is 12.0. The Bertz CT molecular complexity index is 551. The summed E-state index contributed by atoms with van der Waals surface area (Å²) in [5.74, 6) is 0.316. The number of carbonyl (C=O) groups is 1. The van der Waals surface area contributed by atoms with Crippen LogP contribution in [0.25, 0.3) is 0 Å². The molecule has 6 nitrogen and oxygen atoms in total. The van der Waals surface area contributed by atoms with Crippen LogP contribution < -0.4 is 10.6 Å². The van der Waals surface area contributed by atoms with Gasteiger partial charge < -0.3 is 10.1 Å². The third-order valence-electron chi connectivity index (χ3n) is 4.23. The van der Waals surface area contributed by atoms with Crippen molar-refractivity contribution in [2.24, 2.45) is 11.3 Å². The summed E-state index contributed by atoms with van der Waals surface area (Å²) in [6.07, 6.45) is -1.58. The number of hydrogen-bond donors (Lipinski definition) is 2. The van der Waals surface area contributed by atoms with E-state index in [1.165, 1.54) is 0 Å². The van der Waals surface area contributed by atoms with E-state index in [0.29, 0.717) is 23.9 Å². The zero-order valence-corrected chi connectivity index (χ0v) is 12.4. The van der Waals surface area contributed by atoms with E-state index >= 15 is 0 Å². The number of fused-ring (bicyclic) bond motifs is 1. The molecular formula is C12H16F2N4O2S. The van der Waals surface area contributed by atoms with Gasteiger partial charge in [0.1, 0.15) is 0 Å². The van der Waals surface area contributed by atoms with Crippen molar-refractivity contribution in [2.75, 3.05) is 11.9 Å². The summed E-state index contributed by atoms with van der Waals surface area (Å²) in [5, 5.41) is 11.8. The van der Waals surface area contributed by atoms with Crippen LogP contribution in [0.3, 0.4) is 0 Å². The van der Waals surface area contributed by atoms with E-state index in [4.69, 9.17) is 4.74 Å². The lowest BCUT2D eigenvalue weighted by Crippen LogP contribution is -2.67. The molecule has 3 rings (SSSR count). The lowest BCUT2D eigenvalue weighted by Gasteiger charge is -2.54. The second-order valence-electron chi connectivity index (χ2n) is 5.89. The number of rotatable bonds is 3. The minimum absolute atomic E-state index is 0.00694. The summed E-state index contributed by atoms with van der Waals surface area (Å²) >= 11 is 0.672. The largest absolute Gasteiger partial charge is 0.377 e. The summed E-state index contributed by atoms with van der Waals surface area (Å²) in [6, 6.07) is -0.442. The van der Waals surface area contributed by atoms with Gasteiger partial charge in [0.2, 0.25) is 5.13 Å². The van der Waals surface area contributed by atoms with Crippen LogP contribution in [0, 0.1) is 11.3 Å².